The molecule has 3 rings (SSSR count). The van der Waals surface area contributed by atoms with E-state index in [1.54, 1.807) is 0 Å². The van der Waals surface area contributed by atoms with Crippen LogP contribution in [0.3, 0.4) is 0 Å². The number of nitrogens with one attached hydrogen (secondary N) is 3. The molecule has 0 aromatic heterocycles. The summed E-state index contributed by atoms with van der Waals surface area (Å²) in [5, 5.41) is 15.6. The zero-order valence-corrected chi connectivity index (χ0v) is 19.1. The lowest BCUT2D eigenvalue weighted by molar-refractivity contribution is -0.136. The molecule has 3 atom stereocenters. The fraction of sp³-hybridized carbons (Fsp3) is 0.458. The van der Waals surface area contributed by atoms with Gasteiger partial charge in [0.25, 0.3) is 5.91 Å². The van der Waals surface area contributed by atoms with E-state index in [-0.39, 0.29) is 17.9 Å². The Morgan fingerprint density at radius 3 is 2.34 bits per heavy atom. The van der Waals surface area contributed by atoms with Gasteiger partial charge in [0.1, 0.15) is 11.4 Å². The lowest BCUT2D eigenvalue weighted by atomic mass is 9.92. The molecule has 32 heavy (non-hydrogen) atoms. The van der Waals surface area contributed by atoms with Crippen LogP contribution in [0.4, 0.5) is 0 Å². The number of rotatable bonds is 10. The molecule has 0 radical (unpaired) electrons. The quantitative estimate of drug-likeness (QED) is 0.249. The van der Waals surface area contributed by atoms with Gasteiger partial charge in [-0.1, -0.05) is 56.3 Å². The Morgan fingerprint density at radius 2 is 1.72 bits per heavy atom. The molecule has 3 amide bonds. The number of benzene rings is 2. The first-order valence-corrected chi connectivity index (χ1v) is 11.4. The van der Waals surface area contributed by atoms with E-state index >= 15 is 0 Å². The number of hydrogen-bond donors (Lipinski definition) is 4. The second kappa shape index (κ2) is 10.8. The van der Waals surface area contributed by atoms with Crippen molar-refractivity contribution >= 4 is 40.1 Å². The summed E-state index contributed by atoms with van der Waals surface area (Å²) in [6.45, 7) is 3.82. The minimum absolute atomic E-state index is 0.0812. The van der Waals surface area contributed by atoms with Gasteiger partial charge in [-0.05, 0) is 41.5 Å². The first-order valence-electron chi connectivity index (χ1n) is 10.9. The van der Waals surface area contributed by atoms with Crippen molar-refractivity contribution in [2.45, 2.75) is 57.0 Å². The molecule has 1 fully saturated rings. The molecule has 4 N–H and O–H groups in total. The van der Waals surface area contributed by atoms with Crippen molar-refractivity contribution in [2.75, 3.05) is 0 Å². The van der Waals surface area contributed by atoms with Crippen molar-refractivity contribution in [3.8, 4) is 0 Å². The maximum atomic E-state index is 13.1. The van der Waals surface area contributed by atoms with Crippen LogP contribution in [0.25, 0.3) is 10.8 Å². The summed E-state index contributed by atoms with van der Waals surface area (Å²) in [6, 6.07) is 13.2. The summed E-state index contributed by atoms with van der Waals surface area (Å²) < 4.78 is 0. The summed E-state index contributed by atoms with van der Waals surface area (Å²) in [4.78, 5) is 37.9. The zero-order valence-electron chi connectivity index (χ0n) is 18.3. The van der Waals surface area contributed by atoms with Gasteiger partial charge in [-0.3, -0.25) is 19.6 Å². The Labute approximate surface area is 192 Å². The summed E-state index contributed by atoms with van der Waals surface area (Å²) in [7, 11) is 0. The third-order valence-electron chi connectivity index (χ3n) is 5.59. The van der Waals surface area contributed by atoms with Gasteiger partial charge < -0.3 is 10.6 Å². The fourth-order valence-electron chi connectivity index (χ4n) is 3.73. The highest BCUT2D eigenvalue weighted by Gasteiger charge is 2.35. The minimum atomic E-state index is -1.25. The summed E-state index contributed by atoms with van der Waals surface area (Å²) in [5.41, 5.74) is 2.42. The van der Waals surface area contributed by atoms with Crippen LogP contribution in [-0.4, -0.2) is 40.4 Å². The van der Waals surface area contributed by atoms with E-state index in [4.69, 9.17) is 16.8 Å². The van der Waals surface area contributed by atoms with Gasteiger partial charge in [0.2, 0.25) is 11.8 Å². The van der Waals surface area contributed by atoms with Crippen molar-refractivity contribution in [1.82, 2.24) is 16.1 Å². The van der Waals surface area contributed by atoms with Crippen molar-refractivity contribution < 1.29 is 19.6 Å². The molecule has 0 spiro atoms. The molecule has 1 aliphatic carbocycles. The normalized spacial score (nSPS) is 16.3. The molecule has 1 saturated carbocycles. The Bertz CT molecular complexity index is 977. The third-order valence-corrected chi connectivity index (χ3v) is 6.09. The molecule has 8 heteroatoms. The van der Waals surface area contributed by atoms with Crippen molar-refractivity contribution in [3.63, 3.8) is 0 Å². The molecular weight excluding hydrogens is 430 g/mol. The van der Waals surface area contributed by atoms with E-state index in [1.165, 1.54) is 5.48 Å². The van der Waals surface area contributed by atoms with Crippen LogP contribution in [0, 0.1) is 11.8 Å². The lowest BCUT2D eigenvalue weighted by Crippen LogP contribution is -2.52. The van der Waals surface area contributed by atoms with Crippen molar-refractivity contribution in [1.29, 1.82) is 0 Å². The number of hydroxylamine groups is 1. The van der Waals surface area contributed by atoms with E-state index in [9.17, 15) is 14.4 Å². The SMILES string of the molecule is CC(C)C[C@@H](C(=O)N[C@@H](Cc1ccc2ccccc2c1)C(=O)NC1CC1)[C@@H](Cl)C(=O)NO. The zero-order chi connectivity index (χ0) is 23.3. The Hall–Kier alpha value is -2.64. The van der Waals surface area contributed by atoms with Crippen LogP contribution in [0.5, 0.6) is 0 Å². The minimum Gasteiger partial charge on any atom is -0.352 e. The lowest BCUT2D eigenvalue weighted by Gasteiger charge is -2.25. The molecule has 0 saturated heterocycles. The van der Waals surface area contributed by atoms with E-state index < -0.39 is 29.2 Å². The van der Waals surface area contributed by atoms with Crippen LogP contribution < -0.4 is 16.1 Å². The van der Waals surface area contributed by atoms with E-state index in [0.29, 0.717) is 12.8 Å². The number of fused-ring (bicyclic) bond motifs is 1. The second-order valence-electron chi connectivity index (χ2n) is 8.84. The molecule has 1 aliphatic rings. The summed E-state index contributed by atoms with van der Waals surface area (Å²) in [5.74, 6) is -2.40. The highest BCUT2D eigenvalue weighted by Crippen LogP contribution is 2.23. The number of carbonyl (C=O) groups excluding carboxylic acids is 3. The molecule has 2 aromatic carbocycles. The van der Waals surface area contributed by atoms with Crippen LogP contribution in [0.15, 0.2) is 42.5 Å². The second-order valence-corrected chi connectivity index (χ2v) is 9.31. The molecule has 0 aliphatic heterocycles. The molecule has 2 aromatic rings. The molecular formula is C24H30ClN3O4. The van der Waals surface area contributed by atoms with Crippen molar-refractivity contribution in [2.24, 2.45) is 11.8 Å². The average Bonchev–Trinajstić information content (AvgIpc) is 3.59. The molecule has 0 unspecified atom stereocenters. The number of amides is 3. The van der Waals surface area contributed by atoms with E-state index in [2.05, 4.69) is 10.6 Å². The highest BCUT2D eigenvalue weighted by atomic mass is 35.5. The molecule has 7 nitrogen and oxygen atoms in total. The Kier molecular flexibility index (Phi) is 8.10. The molecule has 172 valence electrons. The highest BCUT2D eigenvalue weighted by molar-refractivity contribution is 6.32. The van der Waals surface area contributed by atoms with E-state index in [0.717, 1.165) is 29.2 Å². The van der Waals surface area contributed by atoms with Gasteiger partial charge in [-0.25, -0.2) is 5.48 Å². The maximum Gasteiger partial charge on any atom is 0.262 e. The van der Waals surface area contributed by atoms with Crippen LogP contribution >= 0.6 is 11.6 Å². The third kappa shape index (κ3) is 6.43. The monoisotopic (exact) mass is 459 g/mol. The molecule has 0 heterocycles. The molecule has 0 bridgehead atoms. The smallest absolute Gasteiger partial charge is 0.262 e. The standard InChI is InChI=1S/C24H30ClN3O4/c1-14(2)11-19(21(25)24(31)28-32)22(29)27-20(23(30)26-18-9-10-18)13-15-7-8-16-5-3-4-6-17(16)12-15/h3-8,12,14,18-21,32H,9-11,13H2,1-2H3,(H,26,30)(H,27,29)(H,28,31)/t19-,20+,21-/m1/s1. The predicted molar refractivity (Wildman–Crippen MR) is 123 cm³/mol. The van der Waals surface area contributed by atoms with Gasteiger partial charge in [-0.15, -0.1) is 11.6 Å². The number of carbonyl (C=O) groups is 3. The maximum absolute atomic E-state index is 13.1. The van der Waals surface area contributed by atoms with E-state index in [1.807, 2.05) is 56.3 Å². The summed E-state index contributed by atoms with van der Waals surface area (Å²) in [6.07, 6.45) is 2.50. The van der Waals surface area contributed by atoms with Gasteiger partial charge >= 0.3 is 0 Å². The van der Waals surface area contributed by atoms with Crippen LogP contribution in [-0.2, 0) is 20.8 Å². The van der Waals surface area contributed by atoms with Gasteiger partial charge in [0.05, 0.1) is 5.92 Å². The Morgan fingerprint density at radius 1 is 1.03 bits per heavy atom. The Balaban J connectivity index is 1.80. The van der Waals surface area contributed by atoms with Gasteiger partial charge in [-0.2, -0.15) is 0 Å². The average molecular weight is 460 g/mol. The number of halogens is 1. The largest absolute Gasteiger partial charge is 0.352 e. The number of alkyl halides is 1. The van der Waals surface area contributed by atoms with Gasteiger partial charge in [0, 0.05) is 12.5 Å². The number of hydrogen-bond acceptors (Lipinski definition) is 4. The van der Waals surface area contributed by atoms with Crippen LogP contribution in [0.2, 0.25) is 0 Å². The predicted octanol–water partition coefficient (Wildman–Crippen LogP) is 2.92. The topological polar surface area (TPSA) is 108 Å². The van der Waals surface area contributed by atoms with Crippen LogP contribution in [0.1, 0.15) is 38.7 Å². The fourth-order valence-corrected chi connectivity index (χ4v) is 4.00. The van der Waals surface area contributed by atoms with Crippen molar-refractivity contribution in [3.05, 3.63) is 48.0 Å². The summed E-state index contributed by atoms with van der Waals surface area (Å²) >= 11 is 6.19. The van der Waals surface area contributed by atoms with Gasteiger partial charge in [0.15, 0.2) is 0 Å². The first-order chi connectivity index (χ1) is 15.3. The first kappa shape index (κ1) is 24.0.